The maximum absolute atomic E-state index is 12.1. The number of nitrogens with zero attached hydrogens (tertiary/aromatic N) is 2. The van der Waals surface area contributed by atoms with Gasteiger partial charge in [0.2, 0.25) is 15.8 Å². The molecule has 3 unspecified atom stereocenters. The van der Waals surface area contributed by atoms with Gasteiger partial charge < -0.3 is 23.8 Å². The van der Waals surface area contributed by atoms with E-state index < -0.39 is 51.7 Å². The summed E-state index contributed by atoms with van der Waals surface area (Å²) in [5.41, 5.74) is 5.65. The van der Waals surface area contributed by atoms with E-state index in [1.807, 2.05) is 79.1 Å². The second-order valence-corrected chi connectivity index (χ2v) is 23.9. The zero-order chi connectivity index (χ0) is 47.4. The van der Waals surface area contributed by atoms with E-state index in [1.165, 1.54) is 26.0 Å². The van der Waals surface area contributed by atoms with E-state index in [0.717, 1.165) is 79.7 Å². The molecule has 0 aromatic heterocycles. The zero-order valence-electron chi connectivity index (χ0n) is 36.5. The molecule has 0 amide bonds. The smallest absolute Gasteiger partial charge is 0.234 e. The minimum atomic E-state index is -4.71. The van der Waals surface area contributed by atoms with Gasteiger partial charge in [-0.25, -0.2) is 21.0 Å². The van der Waals surface area contributed by atoms with Crippen LogP contribution in [0.4, 0.5) is 11.4 Å². The summed E-state index contributed by atoms with van der Waals surface area (Å²) in [5, 5.41) is 15.5. The van der Waals surface area contributed by atoms with Crippen LogP contribution in [0.1, 0.15) is 84.8 Å². The molecule has 19 heteroatoms. The summed E-state index contributed by atoms with van der Waals surface area (Å²) >= 11 is 8.05. The molecule has 2 aliphatic heterocycles. The average Bonchev–Trinajstić information content (AvgIpc) is 3.59. The average molecular weight is 986 g/mol. The summed E-state index contributed by atoms with van der Waals surface area (Å²) in [5.74, 6) is 0. The van der Waals surface area contributed by atoms with Crippen LogP contribution in [0.15, 0.2) is 117 Å². The van der Waals surface area contributed by atoms with Crippen LogP contribution >= 0.6 is 23.6 Å². The standard InChI is InChI=1S/C46H51ClN2O12S4/c1-28(63(51,52)53)22-24-48-38-18-10-32-26-34(62-61-60-50)14-16-36(32)42(38)45(3,4)40(48)20-12-30-8-7-9-31(44(30)47)13-21-41-46(5,6)43-37-17-15-35(65(57,58)59)27-33(37)11-19-39(43)49(41)25-23-29(2)64(54,55)56/h10-21,26-29H,7-9,22-25H2,1-6H3,(H3-,50,51,52,53,54,55,56,57,58,59)/p-2. The lowest BCUT2D eigenvalue weighted by Crippen LogP contribution is -2.30. The van der Waals surface area contributed by atoms with Crippen LogP contribution in [0.25, 0.3) is 21.5 Å². The fourth-order valence-corrected chi connectivity index (χ4v) is 11.4. The minimum absolute atomic E-state index is 0.0920. The summed E-state index contributed by atoms with van der Waals surface area (Å²) in [6, 6.07) is 17.4. The third kappa shape index (κ3) is 9.76. The molecule has 3 atom stereocenters. The molecule has 348 valence electrons. The van der Waals surface area contributed by atoms with E-state index >= 15 is 0 Å². The van der Waals surface area contributed by atoms with Gasteiger partial charge in [-0.3, -0.25) is 5.04 Å². The molecule has 0 saturated heterocycles. The number of allylic oxidation sites excluding steroid dienone is 8. The maximum atomic E-state index is 12.1. The van der Waals surface area contributed by atoms with Gasteiger partial charge in [-0.2, -0.15) is 13.1 Å². The summed E-state index contributed by atoms with van der Waals surface area (Å²) < 4.78 is 112. The van der Waals surface area contributed by atoms with Crippen molar-refractivity contribution in [3.8, 4) is 0 Å². The molecule has 1 N–H and O–H groups in total. The quantitative estimate of drug-likeness (QED) is 0.0274. The molecule has 0 bridgehead atoms. The SMILES string of the molecule is CC(CCN1/C(=C/C=C2\CCCC(/C=C/C3=[N+](CCC(C)S(=O)([O-])=[OH+])c4ccc5cc(S(=O)(=O)[O-])ccc5c4C3(C)C)=C2Cl)C(C)(C)c2c1ccc1cc(SOO[O-])ccc21)S(=O)(=O)[O-]. The number of anilines is 1. The van der Waals surface area contributed by atoms with Gasteiger partial charge in [-0.15, -0.1) is 0 Å². The Labute approximate surface area is 389 Å². The molecule has 2 heterocycles. The van der Waals surface area contributed by atoms with E-state index in [0.29, 0.717) is 28.2 Å². The molecule has 0 radical (unpaired) electrons. The van der Waals surface area contributed by atoms with E-state index in [9.17, 15) is 44.2 Å². The van der Waals surface area contributed by atoms with E-state index in [4.69, 9.17) is 11.6 Å². The molecule has 65 heavy (non-hydrogen) atoms. The third-order valence-electron chi connectivity index (χ3n) is 12.9. The Hall–Kier alpha value is -3.92. The van der Waals surface area contributed by atoms with Crippen LogP contribution in [0.5, 0.6) is 0 Å². The predicted octanol–water partition coefficient (Wildman–Crippen LogP) is 8.15. The molecule has 4 aromatic rings. The molecule has 0 saturated carbocycles. The largest absolute Gasteiger partial charge is 0.748 e. The molecule has 7 rings (SSSR count). The van der Waals surface area contributed by atoms with Crippen LogP contribution in [0, 0.1) is 0 Å². The van der Waals surface area contributed by atoms with Crippen molar-refractivity contribution < 1.29 is 58.1 Å². The van der Waals surface area contributed by atoms with Crippen molar-refractivity contribution in [1.82, 2.24) is 0 Å². The number of fused-ring (bicyclic) bond motifs is 6. The van der Waals surface area contributed by atoms with Crippen molar-refractivity contribution in [2.45, 2.75) is 105 Å². The first kappa shape index (κ1) is 49.0. The number of halogens is 1. The van der Waals surface area contributed by atoms with Crippen LogP contribution in [-0.4, -0.2) is 72.8 Å². The Morgan fingerprint density at radius 2 is 1.52 bits per heavy atom. The molecule has 14 nitrogen and oxygen atoms in total. The molecule has 1 aliphatic carbocycles. The number of benzene rings is 4. The first-order valence-electron chi connectivity index (χ1n) is 20.9. The van der Waals surface area contributed by atoms with E-state index in [2.05, 4.69) is 28.1 Å². The lowest BCUT2D eigenvalue weighted by atomic mass is 9.78. The van der Waals surface area contributed by atoms with Gasteiger partial charge in [0.05, 0.1) is 37.7 Å². The van der Waals surface area contributed by atoms with Crippen molar-refractivity contribution in [2.75, 3.05) is 18.0 Å². The van der Waals surface area contributed by atoms with Gasteiger partial charge in [-0.05, 0) is 134 Å². The lowest BCUT2D eigenvalue weighted by molar-refractivity contribution is -0.777. The fourth-order valence-electron chi connectivity index (χ4n) is 9.37. The van der Waals surface area contributed by atoms with Gasteiger partial charge in [0.15, 0.2) is 12.3 Å². The van der Waals surface area contributed by atoms with Gasteiger partial charge in [0.25, 0.3) is 0 Å². The Kier molecular flexibility index (Phi) is 13.8. The highest BCUT2D eigenvalue weighted by Gasteiger charge is 2.46. The normalized spacial score (nSPS) is 20.6. The van der Waals surface area contributed by atoms with Gasteiger partial charge in [-0.1, -0.05) is 55.8 Å². The van der Waals surface area contributed by atoms with Crippen molar-refractivity contribution >= 4 is 92.6 Å². The zero-order valence-corrected chi connectivity index (χ0v) is 40.6. The minimum Gasteiger partial charge on any atom is -0.748 e. The highest BCUT2D eigenvalue weighted by Crippen LogP contribution is 2.52. The molecule has 0 spiro atoms. The summed E-state index contributed by atoms with van der Waals surface area (Å²) in [6.07, 6.45) is 10.3. The lowest BCUT2D eigenvalue weighted by Gasteiger charge is -2.28. The van der Waals surface area contributed by atoms with E-state index in [-0.39, 0.29) is 30.8 Å². The van der Waals surface area contributed by atoms with Crippen molar-refractivity contribution in [2.24, 2.45) is 0 Å². The number of hydrogen-bond acceptors (Lipinski definition) is 13. The number of rotatable bonds is 15. The first-order valence-corrected chi connectivity index (χ1v) is 26.4. The molecular formula is C46H49ClN2O12S4-2. The van der Waals surface area contributed by atoms with Crippen LogP contribution < -0.4 is 10.2 Å². The highest BCUT2D eigenvalue weighted by molar-refractivity contribution is 7.94. The van der Waals surface area contributed by atoms with Gasteiger partial charge in [0.1, 0.15) is 10.1 Å². The Bertz CT molecular complexity index is 3100. The highest BCUT2D eigenvalue weighted by atomic mass is 35.5. The summed E-state index contributed by atoms with van der Waals surface area (Å²) in [4.78, 5) is 2.37. The van der Waals surface area contributed by atoms with Crippen LogP contribution in [-0.2, 0) is 50.6 Å². The topological polar surface area (TPSA) is 224 Å². The van der Waals surface area contributed by atoms with Crippen LogP contribution in [0.3, 0.4) is 0 Å². The van der Waals surface area contributed by atoms with E-state index in [1.54, 1.807) is 12.1 Å². The van der Waals surface area contributed by atoms with Gasteiger partial charge >= 0.3 is 0 Å². The number of hydrogen-bond donors (Lipinski definition) is 0. The monoisotopic (exact) mass is 984 g/mol. The van der Waals surface area contributed by atoms with Crippen molar-refractivity contribution in [3.63, 3.8) is 0 Å². The molecule has 3 aliphatic rings. The predicted molar refractivity (Wildman–Crippen MR) is 248 cm³/mol. The maximum Gasteiger partial charge on any atom is 0.234 e. The third-order valence-corrected chi connectivity index (χ3v) is 17.3. The summed E-state index contributed by atoms with van der Waals surface area (Å²) in [7, 11) is -13.5. The molecular weight excluding hydrogens is 936 g/mol. The van der Waals surface area contributed by atoms with Crippen molar-refractivity contribution in [1.29, 1.82) is 0 Å². The Morgan fingerprint density at radius 1 is 0.846 bits per heavy atom. The molecule has 4 aromatic carbocycles. The Morgan fingerprint density at radius 3 is 2.20 bits per heavy atom. The fraction of sp³-hybridized carbons (Fsp3) is 0.370. The summed E-state index contributed by atoms with van der Waals surface area (Å²) in [6.45, 7) is 11.5. The van der Waals surface area contributed by atoms with Gasteiger partial charge in [0, 0.05) is 62.6 Å². The van der Waals surface area contributed by atoms with Crippen molar-refractivity contribution in [3.05, 3.63) is 118 Å². The second kappa shape index (κ2) is 18.3. The molecule has 0 fully saturated rings. The van der Waals surface area contributed by atoms with Crippen LogP contribution in [0.2, 0.25) is 0 Å². The first-order chi connectivity index (χ1) is 30.3. The second-order valence-electron chi connectivity index (χ2n) is 17.8. The Balaban J connectivity index is 1.28.